The minimum atomic E-state index is -0.147. The molecule has 0 spiro atoms. The molecule has 1 saturated heterocycles. The predicted molar refractivity (Wildman–Crippen MR) is 263 cm³/mol. The highest BCUT2D eigenvalue weighted by Gasteiger charge is 2.35. The number of pyridine rings is 2. The van der Waals surface area contributed by atoms with Crippen molar-refractivity contribution in [3.8, 4) is 11.6 Å². The van der Waals surface area contributed by atoms with E-state index in [1.165, 1.54) is 83.5 Å². The third-order valence-electron chi connectivity index (χ3n) is 13.6. The smallest absolute Gasteiger partial charge is 0.306 e. The van der Waals surface area contributed by atoms with E-state index < -0.39 is 0 Å². The SMILES string of the molecule is CCOC(=O)C[C@H](c1ccnc(OCC2CCN(c3cc(OC)ccc3C(=O)N(CC(C)(C)CCCCCCCCCCCCCCCCCC=O)c3cccc(C)n3)CC2)c1)C1CC1. The molecule has 2 aliphatic rings. The molecule has 0 bridgehead atoms. The van der Waals surface area contributed by atoms with Crippen LogP contribution in [0.3, 0.4) is 0 Å². The minimum absolute atomic E-state index is 0.0382. The standard InChI is InChI=1S/C55H82N4O6/c1-6-64-53(61)40-49(45-26-27-45)46-30-34-56-52(38-46)65-41-44-31-35-58(36-32-44)50-39-47(63-5)28-29-48(50)54(62)59(51-25-23-24-43(2)57-51)42-55(3,4)33-21-19-17-15-13-11-9-7-8-10-12-14-16-18-20-22-37-60/h23-25,28-30,34,37-39,44-45,49H,6-22,26-27,31-33,35-36,40-42H2,1-5H3/t49-/m0/s1. The van der Waals surface area contributed by atoms with Crippen molar-refractivity contribution in [3.63, 3.8) is 0 Å². The molecule has 1 amide bonds. The highest BCUT2D eigenvalue weighted by Crippen LogP contribution is 2.45. The zero-order chi connectivity index (χ0) is 46.3. The Morgan fingerprint density at radius 2 is 1.49 bits per heavy atom. The number of piperidine rings is 1. The van der Waals surface area contributed by atoms with Crippen LogP contribution >= 0.6 is 0 Å². The first-order chi connectivity index (χ1) is 31.6. The number of nitrogens with zero attached hydrogens (tertiary/aromatic N) is 4. The molecule has 2 aromatic heterocycles. The van der Waals surface area contributed by atoms with Crippen LogP contribution in [0.1, 0.15) is 190 Å². The Kier molecular flexibility index (Phi) is 22.1. The van der Waals surface area contributed by atoms with E-state index in [-0.39, 0.29) is 23.2 Å². The molecular weight excluding hydrogens is 813 g/mol. The van der Waals surface area contributed by atoms with E-state index in [4.69, 9.17) is 19.2 Å². The number of esters is 1. The van der Waals surface area contributed by atoms with E-state index in [0.29, 0.717) is 55.3 Å². The fraction of sp³-hybridized carbons (Fsp3) is 0.655. The number of hydrogen-bond acceptors (Lipinski definition) is 9. The van der Waals surface area contributed by atoms with Crippen molar-refractivity contribution in [2.45, 2.75) is 175 Å². The zero-order valence-electron chi connectivity index (χ0n) is 40.8. The van der Waals surface area contributed by atoms with Crippen LogP contribution < -0.4 is 19.3 Å². The van der Waals surface area contributed by atoms with E-state index in [2.05, 4.69) is 23.7 Å². The van der Waals surface area contributed by atoms with Crippen LogP contribution in [-0.2, 0) is 14.3 Å². The number of amides is 1. The normalized spacial score (nSPS) is 14.8. The second-order valence-corrected chi connectivity index (χ2v) is 19.7. The molecule has 1 aliphatic heterocycles. The quantitative estimate of drug-likeness (QED) is 0.0343. The first-order valence-electron chi connectivity index (χ1n) is 25.5. The highest BCUT2D eigenvalue weighted by atomic mass is 16.5. The van der Waals surface area contributed by atoms with Gasteiger partial charge in [-0.25, -0.2) is 9.97 Å². The Balaban J connectivity index is 1.11. The number of aldehydes is 1. The molecule has 1 saturated carbocycles. The number of rotatable bonds is 32. The van der Waals surface area contributed by atoms with Gasteiger partial charge in [0.1, 0.15) is 17.9 Å². The maximum Gasteiger partial charge on any atom is 0.306 e. The second kappa shape index (κ2) is 27.9. The van der Waals surface area contributed by atoms with Gasteiger partial charge in [0.25, 0.3) is 5.91 Å². The fourth-order valence-electron chi connectivity index (χ4n) is 9.53. The maximum absolute atomic E-state index is 14.9. The van der Waals surface area contributed by atoms with Gasteiger partial charge in [0.05, 0.1) is 38.0 Å². The molecule has 0 unspecified atom stereocenters. The van der Waals surface area contributed by atoms with Gasteiger partial charge in [0.15, 0.2) is 0 Å². The molecule has 1 aromatic carbocycles. The summed E-state index contributed by atoms with van der Waals surface area (Å²) >= 11 is 0. The number of ether oxygens (including phenoxy) is 3. The Bertz CT molecular complexity index is 1870. The summed E-state index contributed by atoms with van der Waals surface area (Å²) in [5, 5.41) is 0. The molecule has 0 radical (unpaired) electrons. The third-order valence-corrected chi connectivity index (χ3v) is 13.6. The van der Waals surface area contributed by atoms with Crippen molar-refractivity contribution in [2.75, 3.05) is 49.8 Å². The van der Waals surface area contributed by atoms with Crippen LogP contribution in [0.2, 0.25) is 0 Å². The van der Waals surface area contributed by atoms with Gasteiger partial charge in [-0.1, -0.05) is 110 Å². The number of anilines is 2. The van der Waals surface area contributed by atoms with E-state index in [9.17, 15) is 14.4 Å². The Labute approximate surface area is 392 Å². The van der Waals surface area contributed by atoms with Gasteiger partial charge in [-0.3, -0.25) is 14.5 Å². The first-order valence-corrected chi connectivity index (χ1v) is 25.5. The maximum atomic E-state index is 14.9. The molecule has 65 heavy (non-hydrogen) atoms. The lowest BCUT2D eigenvalue weighted by Gasteiger charge is -2.36. The summed E-state index contributed by atoms with van der Waals surface area (Å²) in [5.74, 6) is 2.82. The first kappa shape index (κ1) is 51.5. The summed E-state index contributed by atoms with van der Waals surface area (Å²) in [6, 6.07) is 15.8. The van der Waals surface area contributed by atoms with Gasteiger partial charge in [-0.2, -0.15) is 0 Å². The van der Waals surface area contributed by atoms with Gasteiger partial charge < -0.3 is 23.9 Å². The topological polar surface area (TPSA) is 111 Å². The lowest BCUT2D eigenvalue weighted by atomic mass is 9.85. The van der Waals surface area contributed by atoms with E-state index in [1.54, 1.807) is 13.3 Å². The fourth-order valence-corrected chi connectivity index (χ4v) is 9.53. The van der Waals surface area contributed by atoms with Crippen molar-refractivity contribution < 1.29 is 28.6 Å². The van der Waals surface area contributed by atoms with Crippen molar-refractivity contribution in [1.82, 2.24) is 9.97 Å². The number of carbonyl (C=O) groups excluding carboxylic acids is 3. The largest absolute Gasteiger partial charge is 0.497 e. The molecule has 0 N–H and O–H groups in total. The summed E-state index contributed by atoms with van der Waals surface area (Å²) in [4.78, 5) is 51.4. The molecule has 10 heteroatoms. The lowest BCUT2D eigenvalue weighted by Crippen LogP contribution is -2.41. The summed E-state index contributed by atoms with van der Waals surface area (Å²) in [6.07, 6.45) is 28.3. The number of benzene rings is 1. The lowest BCUT2D eigenvalue weighted by molar-refractivity contribution is -0.143. The van der Waals surface area contributed by atoms with Crippen LogP contribution in [0.5, 0.6) is 11.6 Å². The van der Waals surface area contributed by atoms with Crippen molar-refractivity contribution >= 4 is 29.7 Å². The third kappa shape index (κ3) is 18.0. The number of unbranched alkanes of at least 4 members (excludes halogenated alkanes) is 15. The van der Waals surface area contributed by atoms with E-state index in [1.807, 2.05) is 67.3 Å². The highest BCUT2D eigenvalue weighted by molar-refractivity contribution is 6.09. The van der Waals surface area contributed by atoms with E-state index in [0.717, 1.165) is 93.4 Å². The molecule has 2 fully saturated rings. The minimum Gasteiger partial charge on any atom is -0.497 e. The summed E-state index contributed by atoms with van der Waals surface area (Å²) in [5.41, 5.74) is 3.44. The number of aryl methyl sites for hydroxylation is 1. The molecule has 3 aromatic rings. The van der Waals surface area contributed by atoms with Crippen LogP contribution in [0, 0.1) is 24.2 Å². The monoisotopic (exact) mass is 895 g/mol. The number of aromatic nitrogens is 2. The van der Waals surface area contributed by atoms with Crippen LogP contribution in [0.15, 0.2) is 54.7 Å². The molecule has 1 atom stereocenters. The van der Waals surface area contributed by atoms with Gasteiger partial charge in [-0.15, -0.1) is 0 Å². The molecule has 3 heterocycles. The number of methoxy groups -OCH3 is 1. The number of carbonyl (C=O) groups is 3. The summed E-state index contributed by atoms with van der Waals surface area (Å²) < 4.78 is 17.3. The average Bonchev–Trinajstić information content (AvgIpc) is 4.16. The van der Waals surface area contributed by atoms with Gasteiger partial charge in [-0.05, 0) is 111 Å². The van der Waals surface area contributed by atoms with Gasteiger partial charge in [0.2, 0.25) is 5.88 Å². The second-order valence-electron chi connectivity index (χ2n) is 19.7. The Morgan fingerprint density at radius 1 is 0.846 bits per heavy atom. The Morgan fingerprint density at radius 3 is 2.09 bits per heavy atom. The van der Waals surface area contributed by atoms with Gasteiger partial charge >= 0.3 is 5.97 Å². The van der Waals surface area contributed by atoms with Crippen molar-refractivity contribution in [1.29, 1.82) is 0 Å². The molecule has 1 aliphatic carbocycles. The van der Waals surface area contributed by atoms with Crippen molar-refractivity contribution in [2.24, 2.45) is 17.3 Å². The molecule has 10 nitrogen and oxygen atoms in total. The van der Waals surface area contributed by atoms with Gasteiger partial charge in [0, 0.05) is 50.1 Å². The van der Waals surface area contributed by atoms with Crippen LogP contribution in [0.4, 0.5) is 11.5 Å². The number of hydrogen-bond donors (Lipinski definition) is 0. The summed E-state index contributed by atoms with van der Waals surface area (Å²) in [6.45, 7) is 11.5. The van der Waals surface area contributed by atoms with Crippen molar-refractivity contribution in [3.05, 3.63) is 71.5 Å². The Hall–Kier alpha value is -4.47. The predicted octanol–water partition coefficient (Wildman–Crippen LogP) is 13.0. The average molecular weight is 895 g/mol. The molecule has 358 valence electrons. The zero-order valence-corrected chi connectivity index (χ0v) is 40.8. The van der Waals surface area contributed by atoms with Crippen LogP contribution in [-0.4, -0.2) is 68.1 Å². The molecular formula is C55H82N4O6. The van der Waals surface area contributed by atoms with Crippen LogP contribution in [0.25, 0.3) is 0 Å². The summed E-state index contributed by atoms with van der Waals surface area (Å²) in [7, 11) is 1.68. The molecule has 5 rings (SSSR count). The van der Waals surface area contributed by atoms with E-state index >= 15 is 0 Å².